The molecule has 1 aliphatic heterocycles. The monoisotopic (exact) mass is 197 g/mol. The quantitative estimate of drug-likeness (QED) is 0.698. The van der Waals surface area contributed by atoms with Crippen LogP contribution in [0.2, 0.25) is 5.02 Å². The predicted octanol–water partition coefficient (Wildman–Crippen LogP) is 1.81. The van der Waals surface area contributed by atoms with Crippen LogP contribution in [0.1, 0.15) is 5.56 Å². The molecule has 0 fully saturated rings. The first-order valence-corrected chi connectivity index (χ1v) is 4.29. The van der Waals surface area contributed by atoms with Crippen LogP contribution in [-0.4, -0.2) is 12.5 Å². The smallest absolute Gasteiger partial charge is 0.184 e. The first-order chi connectivity index (χ1) is 6.29. The zero-order chi connectivity index (χ0) is 9.26. The average Bonchev–Trinajstić information content (AvgIpc) is 2.17. The van der Waals surface area contributed by atoms with Gasteiger partial charge in [0.25, 0.3) is 0 Å². The Hall–Kier alpha value is -1.06. The molecule has 1 aliphatic rings. The van der Waals surface area contributed by atoms with Gasteiger partial charge in [-0.3, -0.25) is 4.79 Å². The first-order valence-electron chi connectivity index (χ1n) is 3.91. The lowest BCUT2D eigenvalue weighted by molar-refractivity contribution is -0.117. The van der Waals surface area contributed by atoms with Gasteiger partial charge in [0.1, 0.15) is 0 Å². The summed E-state index contributed by atoms with van der Waals surface area (Å²) in [5.74, 6) is 0. The van der Waals surface area contributed by atoms with Crippen molar-refractivity contribution in [3.8, 4) is 0 Å². The number of benzene rings is 1. The van der Waals surface area contributed by atoms with E-state index in [0.29, 0.717) is 11.6 Å². The Morgan fingerprint density at radius 3 is 3.23 bits per heavy atom. The van der Waals surface area contributed by atoms with E-state index in [4.69, 9.17) is 16.3 Å². The van der Waals surface area contributed by atoms with Crippen LogP contribution >= 0.6 is 11.6 Å². The standard InChI is InChI=1S/C9H8ClNO2/c10-7-1-2-8-6(3-7)5-13-9(4-12)11-8/h1-4,9,11H,5H2. The van der Waals surface area contributed by atoms with E-state index in [1.165, 1.54) is 0 Å². The summed E-state index contributed by atoms with van der Waals surface area (Å²) in [6.07, 6.45) is 0.200. The number of hydrogen-bond acceptors (Lipinski definition) is 3. The molecule has 2 rings (SSSR count). The molecule has 0 spiro atoms. The van der Waals surface area contributed by atoms with Crippen LogP contribution < -0.4 is 5.32 Å². The molecule has 68 valence electrons. The minimum Gasteiger partial charge on any atom is -0.354 e. The van der Waals surface area contributed by atoms with E-state index in [9.17, 15) is 4.79 Å². The second-order valence-corrected chi connectivity index (χ2v) is 3.25. The lowest BCUT2D eigenvalue weighted by atomic mass is 10.1. The predicted molar refractivity (Wildman–Crippen MR) is 49.7 cm³/mol. The zero-order valence-electron chi connectivity index (χ0n) is 6.79. The molecule has 13 heavy (non-hydrogen) atoms. The molecular weight excluding hydrogens is 190 g/mol. The summed E-state index contributed by atoms with van der Waals surface area (Å²) in [7, 11) is 0. The summed E-state index contributed by atoms with van der Waals surface area (Å²) in [6.45, 7) is 0.423. The first kappa shape index (κ1) is 8.53. The van der Waals surface area contributed by atoms with E-state index in [1.54, 1.807) is 6.07 Å². The van der Waals surface area contributed by atoms with E-state index >= 15 is 0 Å². The highest BCUT2D eigenvalue weighted by Gasteiger charge is 2.16. The second-order valence-electron chi connectivity index (χ2n) is 2.81. The van der Waals surface area contributed by atoms with E-state index < -0.39 is 6.23 Å². The SMILES string of the molecule is O=CC1Nc2ccc(Cl)cc2CO1. The second kappa shape index (κ2) is 3.36. The van der Waals surface area contributed by atoms with Gasteiger partial charge in [0.2, 0.25) is 0 Å². The molecule has 0 saturated heterocycles. The van der Waals surface area contributed by atoms with Gasteiger partial charge in [0.15, 0.2) is 12.5 Å². The summed E-state index contributed by atoms with van der Waals surface area (Å²) >= 11 is 5.79. The van der Waals surface area contributed by atoms with Crippen molar-refractivity contribution in [2.45, 2.75) is 12.8 Å². The average molecular weight is 198 g/mol. The normalized spacial score (nSPS) is 20.2. The lowest BCUT2D eigenvalue weighted by Crippen LogP contribution is -2.29. The summed E-state index contributed by atoms with van der Waals surface area (Å²) in [5.41, 5.74) is 1.89. The molecule has 0 aromatic heterocycles. The molecule has 0 aliphatic carbocycles. The van der Waals surface area contributed by atoms with Crippen LogP contribution in [0.25, 0.3) is 0 Å². The lowest BCUT2D eigenvalue weighted by Gasteiger charge is -2.23. The molecule has 1 aromatic carbocycles. The minimum atomic E-state index is -0.534. The third-order valence-corrected chi connectivity index (χ3v) is 2.14. The number of halogens is 1. The fourth-order valence-electron chi connectivity index (χ4n) is 1.27. The molecule has 0 radical (unpaired) electrons. The third kappa shape index (κ3) is 1.66. The Kier molecular flexibility index (Phi) is 2.20. The number of nitrogens with one attached hydrogen (secondary N) is 1. The van der Waals surface area contributed by atoms with Crippen molar-refractivity contribution >= 4 is 23.6 Å². The molecule has 4 heteroatoms. The number of rotatable bonds is 1. The highest BCUT2D eigenvalue weighted by Crippen LogP contribution is 2.25. The fraction of sp³-hybridized carbons (Fsp3) is 0.222. The number of carbonyl (C=O) groups is 1. The van der Waals surface area contributed by atoms with Crippen molar-refractivity contribution < 1.29 is 9.53 Å². The summed E-state index contributed by atoms with van der Waals surface area (Å²) < 4.78 is 5.17. The number of fused-ring (bicyclic) bond motifs is 1. The Bertz CT molecular complexity index is 340. The van der Waals surface area contributed by atoms with E-state index in [-0.39, 0.29) is 0 Å². The summed E-state index contributed by atoms with van der Waals surface area (Å²) in [5, 5.41) is 3.60. The molecule has 1 heterocycles. The number of aldehydes is 1. The van der Waals surface area contributed by atoms with Crippen molar-refractivity contribution in [2.24, 2.45) is 0 Å². The molecule has 1 atom stereocenters. The van der Waals surface area contributed by atoms with Crippen molar-refractivity contribution in [1.29, 1.82) is 0 Å². The van der Waals surface area contributed by atoms with Crippen molar-refractivity contribution in [3.05, 3.63) is 28.8 Å². The van der Waals surface area contributed by atoms with Gasteiger partial charge in [-0.25, -0.2) is 0 Å². The molecule has 1 unspecified atom stereocenters. The van der Waals surface area contributed by atoms with Gasteiger partial charge in [-0.1, -0.05) is 11.6 Å². The summed E-state index contributed by atoms with van der Waals surface area (Å²) in [6, 6.07) is 5.45. The van der Waals surface area contributed by atoms with Crippen LogP contribution in [0.5, 0.6) is 0 Å². The Balaban J connectivity index is 2.31. The molecule has 0 saturated carbocycles. The van der Waals surface area contributed by atoms with Crippen molar-refractivity contribution in [1.82, 2.24) is 0 Å². The summed E-state index contributed by atoms with van der Waals surface area (Å²) in [4.78, 5) is 10.4. The van der Waals surface area contributed by atoms with E-state index in [1.807, 2.05) is 12.1 Å². The molecule has 3 nitrogen and oxygen atoms in total. The Labute approximate surface area is 80.6 Å². The maximum absolute atomic E-state index is 10.4. The van der Waals surface area contributed by atoms with Crippen LogP contribution in [0.4, 0.5) is 5.69 Å². The molecule has 1 aromatic rings. The van der Waals surface area contributed by atoms with Gasteiger partial charge in [-0.15, -0.1) is 0 Å². The topological polar surface area (TPSA) is 38.3 Å². The van der Waals surface area contributed by atoms with Crippen molar-refractivity contribution in [3.63, 3.8) is 0 Å². The zero-order valence-corrected chi connectivity index (χ0v) is 7.54. The number of ether oxygens (including phenoxy) is 1. The molecule has 0 bridgehead atoms. The number of anilines is 1. The maximum Gasteiger partial charge on any atom is 0.184 e. The van der Waals surface area contributed by atoms with E-state index in [2.05, 4.69) is 5.32 Å². The largest absolute Gasteiger partial charge is 0.354 e. The molecule has 0 amide bonds. The van der Waals surface area contributed by atoms with E-state index in [0.717, 1.165) is 17.5 Å². The minimum absolute atomic E-state index is 0.423. The number of carbonyl (C=O) groups excluding carboxylic acids is 1. The third-order valence-electron chi connectivity index (χ3n) is 1.91. The van der Waals surface area contributed by atoms with Gasteiger partial charge in [-0.05, 0) is 18.2 Å². The van der Waals surface area contributed by atoms with Gasteiger partial charge >= 0.3 is 0 Å². The Morgan fingerprint density at radius 2 is 2.46 bits per heavy atom. The van der Waals surface area contributed by atoms with Crippen molar-refractivity contribution in [2.75, 3.05) is 5.32 Å². The van der Waals surface area contributed by atoms with Crippen LogP contribution in [0.3, 0.4) is 0 Å². The Morgan fingerprint density at radius 1 is 1.62 bits per heavy atom. The molecule has 1 N–H and O–H groups in total. The van der Waals surface area contributed by atoms with Crippen LogP contribution in [-0.2, 0) is 16.1 Å². The highest BCUT2D eigenvalue weighted by atomic mass is 35.5. The fourth-order valence-corrected chi connectivity index (χ4v) is 1.47. The van der Waals surface area contributed by atoms with Gasteiger partial charge in [0.05, 0.1) is 6.61 Å². The number of hydrogen-bond donors (Lipinski definition) is 1. The van der Waals surface area contributed by atoms with Crippen LogP contribution in [0, 0.1) is 0 Å². The van der Waals surface area contributed by atoms with Gasteiger partial charge in [-0.2, -0.15) is 0 Å². The van der Waals surface area contributed by atoms with Gasteiger partial charge < -0.3 is 10.1 Å². The molecular formula is C9H8ClNO2. The van der Waals surface area contributed by atoms with Crippen LogP contribution in [0.15, 0.2) is 18.2 Å². The maximum atomic E-state index is 10.4. The van der Waals surface area contributed by atoms with Gasteiger partial charge in [0, 0.05) is 16.3 Å². The highest BCUT2D eigenvalue weighted by molar-refractivity contribution is 6.30.